The van der Waals surface area contributed by atoms with Crippen molar-refractivity contribution in [1.29, 1.82) is 0 Å². The lowest BCUT2D eigenvalue weighted by molar-refractivity contribution is -0.384. The van der Waals surface area contributed by atoms with Crippen LogP contribution in [0.25, 0.3) is 11.1 Å². The summed E-state index contributed by atoms with van der Waals surface area (Å²) in [6.45, 7) is 0. The van der Waals surface area contributed by atoms with E-state index in [0.717, 1.165) is 16.7 Å². The number of benzene rings is 2. The predicted octanol–water partition coefficient (Wildman–Crippen LogP) is 1.64. The first-order valence-electron chi connectivity index (χ1n) is 6.54. The highest BCUT2D eigenvalue weighted by Gasteiger charge is 2.13. The lowest BCUT2D eigenvalue weighted by atomic mass is 10.0. The minimum absolute atomic E-state index is 0.0308. The summed E-state index contributed by atoms with van der Waals surface area (Å²) in [6.07, 6.45) is 0.279. The minimum atomic E-state index is -0.839. The third kappa shape index (κ3) is 3.66. The van der Waals surface area contributed by atoms with Crippen LogP contribution in [0.2, 0.25) is 0 Å². The predicted molar refractivity (Wildman–Crippen MR) is 80.1 cm³/mol. The quantitative estimate of drug-likeness (QED) is 0.440. The first-order valence-corrected chi connectivity index (χ1v) is 6.54. The van der Waals surface area contributed by atoms with Gasteiger partial charge in [-0.15, -0.1) is 0 Å². The third-order valence-electron chi connectivity index (χ3n) is 3.25. The Kier molecular flexibility index (Phi) is 4.82. The molecule has 2 aromatic rings. The van der Waals surface area contributed by atoms with Crippen LogP contribution >= 0.6 is 0 Å². The Labute approximate surface area is 126 Å². The number of nitro benzene ring substituents is 1. The van der Waals surface area contributed by atoms with Gasteiger partial charge in [0.05, 0.1) is 11.0 Å². The van der Waals surface area contributed by atoms with Crippen LogP contribution in [0.5, 0.6) is 0 Å². The molecule has 4 N–H and O–H groups in total. The normalized spacial score (nSPS) is 11.7. The maximum atomic E-state index is 11.2. The fraction of sp³-hybridized carbons (Fsp3) is 0.133. The Balaban J connectivity index is 2.17. The molecule has 0 fully saturated rings. The standard InChI is InChI=1S/C15H15N3O4/c16-14(15(19)17-20)8-10-4-6-11(7-5-10)12-2-1-3-13(9-12)18(21)22/h1-7,9,14,20H,8,16H2,(H,17,19)/t14-/m0/s1. The Morgan fingerprint density at radius 3 is 2.50 bits per heavy atom. The van der Waals surface area contributed by atoms with Gasteiger partial charge in [-0.25, -0.2) is 5.48 Å². The molecule has 7 nitrogen and oxygen atoms in total. The molecule has 0 heterocycles. The summed E-state index contributed by atoms with van der Waals surface area (Å²) < 4.78 is 0. The van der Waals surface area contributed by atoms with Crippen molar-refractivity contribution in [3.05, 3.63) is 64.2 Å². The molecule has 0 aromatic heterocycles. The molecule has 114 valence electrons. The fourth-order valence-electron chi connectivity index (χ4n) is 2.06. The van der Waals surface area contributed by atoms with Crippen LogP contribution in [-0.4, -0.2) is 22.1 Å². The van der Waals surface area contributed by atoms with Gasteiger partial charge in [-0.1, -0.05) is 36.4 Å². The zero-order valence-corrected chi connectivity index (χ0v) is 11.6. The molecule has 0 aliphatic rings. The van der Waals surface area contributed by atoms with E-state index in [1.807, 2.05) is 0 Å². The van der Waals surface area contributed by atoms with Crippen molar-refractivity contribution in [3.63, 3.8) is 0 Å². The second-order valence-corrected chi connectivity index (χ2v) is 4.79. The second kappa shape index (κ2) is 6.79. The van der Waals surface area contributed by atoms with Crippen molar-refractivity contribution in [2.45, 2.75) is 12.5 Å². The lowest BCUT2D eigenvalue weighted by Crippen LogP contribution is -2.40. The van der Waals surface area contributed by atoms with Gasteiger partial charge in [0.25, 0.3) is 11.6 Å². The van der Waals surface area contributed by atoms with Gasteiger partial charge < -0.3 is 5.73 Å². The highest BCUT2D eigenvalue weighted by Crippen LogP contribution is 2.24. The first-order chi connectivity index (χ1) is 10.5. The summed E-state index contributed by atoms with van der Waals surface area (Å²) in [5.74, 6) is -0.650. The van der Waals surface area contributed by atoms with Gasteiger partial charge in [0.1, 0.15) is 0 Å². The highest BCUT2D eigenvalue weighted by molar-refractivity contribution is 5.80. The van der Waals surface area contributed by atoms with E-state index in [1.54, 1.807) is 36.4 Å². The van der Waals surface area contributed by atoms with Crippen LogP contribution < -0.4 is 11.2 Å². The molecule has 7 heteroatoms. The van der Waals surface area contributed by atoms with Crippen molar-refractivity contribution in [1.82, 2.24) is 5.48 Å². The average Bonchev–Trinajstić information content (AvgIpc) is 2.54. The third-order valence-corrected chi connectivity index (χ3v) is 3.25. The SMILES string of the molecule is N[C@@H](Cc1ccc(-c2cccc([N+](=O)[O-])c2)cc1)C(=O)NO. The largest absolute Gasteiger partial charge is 0.320 e. The summed E-state index contributed by atoms with van der Waals surface area (Å²) >= 11 is 0. The molecule has 0 aliphatic heterocycles. The summed E-state index contributed by atoms with van der Waals surface area (Å²) in [7, 11) is 0. The summed E-state index contributed by atoms with van der Waals surface area (Å²) in [5, 5.41) is 19.3. The molecule has 0 spiro atoms. The van der Waals surface area contributed by atoms with Gasteiger partial charge in [-0.3, -0.25) is 20.1 Å². The topological polar surface area (TPSA) is 118 Å². The first kappa shape index (κ1) is 15.6. The minimum Gasteiger partial charge on any atom is -0.320 e. The van der Waals surface area contributed by atoms with Crippen molar-refractivity contribution in [2.24, 2.45) is 5.73 Å². The number of amides is 1. The summed E-state index contributed by atoms with van der Waals surface area (Å²) in [5.41, 5.74) is 9.54. The van der Waals surface area contributed by atoms with Crippen molar-refractivity contribution >= 4 is 11.6 Å². The Morgan fingerprint density at radius 2 is 1.91 bits per heavy atom. The van der Waals surface area contributed by atoms with Gasteiger partial charge in [0.15, 0.2) is 0 Å². The van der Waals surface area contributed by atoms with Gasteiger partial charge in [-0.2, -0.15) is 0 Å². The number of nitro groups is 1. The number of rotatable bonds is 5. The maximum Gasteiger partial charge on any atom is 0.270 e. The van der Waals surface area contributed by atoms with E-state index in [4.69, 9.17) is 10.9 Å². The molecular weight excluding hydrogens is 286 g/mol. The molecule has 0 bridgehead atoms. The molecule has 0 aliphatic carbocycles. The Morgan fingerprint density at radius 1 is 1.23 bits per heavy atom. The lowest BCUT2D eigenvalue weighted by Gasteiger charge is -2.10. The van der Waals surface area contributed by atoms with Gasteiger partial charge in [0.2, 0.25) is 0 Å². The van der Waals surface area contributed by atoms with E-state index < -0.39 is 16.9 Å². The molecule has 1 amide bonds. The number of non-ortho nitro benzene ring substituents is 1. The van der Waals surface area contributed by atoms with Crippen LogP contribution in [0, 0.1) is 10.1 Å². The number of nitrogens with two attached hydrogens (primary N) is 1. The van der Waals surface area contributed by atoms with Gasteiger partial charge >= 0.3 is 0 Å². The van der Waals surface area contributed by atoms with E-state index in [2.05, 4.69) is 0 Å². The van der Waals surface area contributed by atoms with Gasteiger partial charge in [-0.05, 0) is 23.1 Å². The number of nitrogens with one attached hydrogen (secondary N) is 1. The zero-order valence-electron chi connectivity index (χ0n) is 11.6. The molecule has 0 saturated heterocycles. The zero-order chi connectivity index (χ0) is 16.1. The van der Waals surface area contributed by atoms with Crippen molar-refractivity contribution < 1.29 is 14.9 Å². The maximum absolute atomic E-state index is 11.2. The molecule has 2 rings (SSSR count). The number of hydrogen-bond donors (Lipinski definition) is 3. The molecule has 0 saturated carbocycles. The smallest absolute Gasteiger partial charge is 0.270 e. The molecular formula is C15H15N3O4. The van der Waals surface area contributed by atoms with E-state index in [1.165, 1.54) is 17.6 Å². The van der Waals surface area contributed by atoms with E-state index in [9.17, 15) is 14.9 Å². The number of hydroxylamine groups is 1. The molecule has 22 heavy (non-hydrogen) atoms. The number of carbonyl (C=O) groups excluding carboxylic acids is 1. The molecule has 1 atom stereocenters. The Bertz CT molecular complexity index is 685. The van der Waals surface area contributed by atoms with Gasteiger partial charge in [0, 0.05) is 12.1 Å². The monoisotopic (exact) mass is 301 g/mol. The van der Waals surface area contributed by atoms with E-state index in [0.29, 0.717) is 0 Å². The second-order valence-electron chi connectivity index (χ2n) is 4.79. The summed E-state index contributed by atoms with van der Waals surface area (Å²) in [6, 6.07) is 12.7. The van der Waals surface area contributed by atoms with E-state index in [-0.39, 0.29) is 12.1 Å². The molecule has 0 radical (unpaired) electrons. The van der Waals surface area contributed by atoms with Crippen molar-refractivity contribution in [2.75, 3.05) is 0 Å². The van der Waals surface area contributed by atoms with Crippen molar-refractivity contribution in [3.8, 4) is 11.1 Å². The number of nitrogens with zero attached hydrogens (tertiary/aromatic N) is 1. The summed E-state index contributed by atoms with van der Waals surface area (Å²) in [4.78, 5) is 21.5. The molecule has 2 aromatic carbocycles. The van der Waals surface area contributed by atoms with Crippen LogP contribution in [0.3, 0.4) is 0 Å². The fourth-order valence-corrected chi connectivity index (χ4v) is 2.06. The number of hydrogen-bond acceptors (Lipinski definition) is 5. The van der Waals surface area contributed by atoms with Crippen LogP contribution in [0.4, 0.5) is 5.69 Å². The molecule has 0 unspecified atom stereocenters. The van der Waals surface area contributed by atoms with E-state index >= 15 is 0 Å². The average molecular weight is 301 g/mol. The van der Waals surface area contributed by atoms with Crippen LogP contribution in [-0.2, 0) is 11.2 Å². The number of carbonyl (C=O) groups is 1. The van der Waals surface area contributed by atoms with Crippen LogP contribution in [0.1, 0.15) is 5.56 Å². The van der Waals surface area contributed by atoms with Crippen LogP contribution in [0.15, 0.2) is 48.5 Å². The Hall–Kier alpha value is -2.77. The highest BCUT2D eigenvalue weighted by atomic mass is 16.6.